The Bertz CT molecular complexity index is 1200. The van der Waals surface area contributed by atoms with E-state index in [-0.39, 0.29) is 0 Å². The lowest BCUT2D eigenvalue weighted by atomic mass is 10.0. The first kappa shape index (κ1) is 25.7. The Labute approximate surface area is 203 Å². The summed E-state index contributed by atoms with van der Waals surface area (Å²) in [4.78, 5) is 11.9. The van der Waals surface area contributed by atoms with Crippen LogP contribution in [0.1, 0.15) is 19.4 Å². The molecule has 6 N–H and O–H groups in total. The molecule has 170 valence electrons. The van der Waals surface area contributed by atoms with Crippen molar-refractivity contribution in [2.75, 3.05) is 18.9 Å². The number of pyridine rings is 1. The molecule has 0 saturated carbocycles. The number of rotatable bonds is 5. The predicted octanol–water partition coefficient (Wildman–Crippen LogP) is 6.55. The van der Waals surface area contributed by atoms with E-state index in [1.807, 2.05) is 32.0 Å². The Balaban J connectivity index is 0.000000860. The van der Waals surface area contributed by atoms with E-state index in [1.54, 1.807) is 6.07 Å². The number of nitrogens with zero attached hydrogens (tertiary/aromatic N) is 2. The van der Waals surface area contributed by atoms with Gasteiger partial charge >= 0.3 is 0 Å². The molecule has 0 aliphatic carbocycles. The largest absolute Gasteiger partial charge is 0.390 e. The van der Waals surface area contributed by atoms with Crippen molar-refractivity contribution in [2.45, 2.75) is 20.3 Å². The normalized spacial score (nSPS) is 10.6. The highest BCUT2D eigenvalue weighted by molar-refractivity contribution is 6.42. The number of halogens is 3. The zero-order valence-electron chi connectivity index (χ0n) is 18.2. The van der Waals surface area contributed by atoms with Gasteiger partial charge in [-0.15, -0.1) is 0 Å². The van der Waals surface area contributed by atoms with Crippen LogP contribution in [0.15, 0.2) is 47.6 Å². The SMILES string of the molecule is CC.CN.NC=NCCc1cc(Nc2cc(Cl)c(Cl)cn2)cc2c1[nH]c1ccc(Cl)cc12. The van der Waals surface area contributed by atoms with Gasteiger partial charge in [-0.25, -0.2) is 4.98 Å². The van der Waals surface area contributed by atoms with E-state index >= 15 is 0 Å². The molecule has 0 radical (unpaired) electrons. The van der Waals surface area contributed by atoms with E-state index in [0.717, 1.165) is 39.5 Å². The zero-order valence-corrected chi connectivity index (χ0v) is 20.5. The molecule has 0 amide bonds. The molecule has 0 unspecified atom stereocenters. The standard InChI is InChI=1S/C20H16Cl3N5.C2H6.CH5N/c21-12-1-2-18-14(6-12)15-7-13(27-19-8-16(22)17(23)9-26-19)5-11(20(15)28-18)3-4-25-10-24;2*1-2/h1-2,5-10,28H,3-4H2,(H2,24,25)(H,26,27);1-2H3;2H2,1H3. The van der Waals surface area contributed by atoms with Crippen molar-refractivity contribution in [2.24, 2.45) is 16.5 Å². The maximum atomic E-state index is 6.22. The topological polar surface area (TPSA) is 105 Å². The highest BCUT2D eigenvalue weighted by atomic mass is 35.5. The van der Waals surface area contributed by atoms with Crippen molar-refractivity contribution in [1.29, 1.82) is 0 Å². The third-order valence-electron chi connectivity index (χ3n) is 4.45. The van der Waals surface area contributed by atoms with Crippen molar-refractivity contribution in [1.82, 2.24) is 9.97 Å². The minimum absolute atomic E-state index is 0.411. The Morgan fingerprint density at radius 2 is 1.78 bits per heavy atom. The molecule has 0 spiro atoms. The number of benzene rings is 2. The number of hydrogen-bond acceptors (Lipinski definition) is 4. The first-order valence-corrected chi connectivity index (χ1v) is 11.3. The van der Waals surface area contributed by atoms with Gasteiger partial charge in [0.05, 0.1) is 16.4 Å². The average molecular weight is 494 g/mol. The van der Waals surface area contributed by atoms with E-state index in [0.29, 0.717) is 27.4 Å². The molecule has 0 aliphatic rings. The Hall–Kier alpha value is -2.51. The molecule has 6 nitrogen and oxygen atoms in total. The van der Waals surface area contributed by atoms with E-state index in [1.165, 1.54) is 19.6 Å². The lowest BCUT2D eigenvalue weighted by Crippen LogP contribution is -1.98. The van der Waals surface area contributed by atoms with E-state index < -0.39 is 0 Å². The van der Waals surface area contributed by atoms with Crippen LogP contribution < -0.4 is 16.8 Å². The molecule has 2 aromatic carbocycles. The second-order valence-electron chi connectivity index (χ2n) is 6.29. The predicted molar refractivity (Wildman–Crippen MR) is 141 cm³/mol. The van der Waals surface area contributed by atoms with Gasteiger partial charge in [0.25, 0.3) is 0 Å². The minimum atomic E-state index is 0.411. The van der Waals surface area contributed by atoms with Crippen molar-refractivity contribution in [3.63, 3.8) is 0 Å². The van der Waals surface area contributed by atoms with Gasteiger partial charge in [0.15, 0.2) is 0 Å². The number of aromatic amines is 1. The Kier molecular flexibility index (Phi) is 10.1. The van der Waals surface area contributed by atoms with Gasteiger partial charge in [-0.05, 0) is 49.4 Å². The third-order valence-corrected chi connectivity index (χ3v) is 5.39. The highest BCUT2D eigenvalue weighted by Gasteiger charge is 2.12. The second-order valence-corrected chi connectivity index (χ2v) is 7.54. The van der Waals surface area contributed by atoms with Gasteiger partial charge in [-0.2, -0.15) is 0 Å². The maximum absolute atomic E-state index is 6.22. The summed E-state index contributed by atoms with van der Waals surface area (Å²) in [5.41, 5.74) is 13.9. The summed E-state index contributed by atoms with van der Waals surface area (Å²) in [6.45, 7) is 4.59. The quantitative estimate of drug-likeness (QED) is 0.187. The minimum Gasteiger partial charge on any atom is -0.390 e. The molecule has 0 bridgehead atoms. The number of aliphatic imine (C=N–C) groups is 1. The molecule has 2 heterocycles. The van der Waals surface area contributed by atoms with Crippen molar-refractivity contribution in [3.8, 4) is 0 Å². The van der Waals surface area contributed by atoms with E-state index in [2.05, 4.69) is 38.1 Å². The first-order valence-electron chi connectivity index (χ1n) is 10.1. The zero-order chi connectivity index (χ0) is 23.7. The van der Waals surface area contributed by atoms with Crippen LogP contribution in [-0.4, -0.2) is 29.9 Å². The van der Waals surface area contributed by atoms with Crippen LogP contribution in [0.5, 0.6) is 0 Å². The summed E-state index contributed by atoms with van der Waals surface area (Å²) in [6.07, 6.45) is 3.58. The third kappa shape index (κ3) is 6.04. The molecule has 0 fully saturated rings. The van der Waals surface area contributed by atoms with Crippen LogP contribution in [0.2, 0.25) is 15.1 Å². The molecule has 9 heteroatoms. The molecule has 4 rings (SSSR count). The van der Waals surface area contributed by atoms with Crippen molar-refractivity contribution < 1.29 is 0 Å². The van der Waals surface area contributed by atoms with Crippen LogP contribution in [0.4, 0.5) is 11.5 Å². The lowest BCUT2D eigenvalue weighted by Gasteiger charge is -2.10. The Morgan fingerprint density at radius 3 is 2.47 bits per heavy atom. The van der Waals surface area contributed by atoms with Crippen molar-refractivity contribution >= 4 is 74.5 Å². The molecule has 0 saturated heterocycles. The molecule has 0 atom stereocenters. The Morgan fingerprint density at radius 1 is 1.03 bits per heavy atom. The fourth-order valence-corrected chi connectivity index (χ4v) is 3.63. The summed E-state index contributed by atoms with van der Waals surface area (Å²) >= 11 is 18.3. The van der Waals surface area contributed by atoms with Crippen LogP contribution >= 0.6 is 34.8 Å². The van der Waals surface area contributed by atoms with Gasteiger partial charge in [-0.3, -0.25) is 4.99 Å². The monoisotopic (exact) mass is 492 g/mol. The van der Waals surface area contributed by atoms with Crippen LogP contribution in [0, 0.1) is 0 Å². The second kappa shape index (κ2) is 12.5. The maximum Gasteiger partial charge on any atom is 0.131 e. The molecule has 2 aromatic heterocycles. The smallest absolute Gasteiger partial charge is 0.131 e. The summed E-state index contributed by atoms with van der Waals surface area (Å²) in [5, 5.41) is 6.96. The molecule has 32 heavy (non-hydrogen) atoms. The summed E-state index contributed by atoms with van der Waals surface area (Å²) in [5.74, 6) is 0.609. The molecule has 4 aromatic rings. The van der Waals surface area contributed by atoms with Gasteiger partial charge in [0.1, 0.15) is 5.82 Å². The number of fused-ring (bicyclic) bond motifs is 3. The van der Waals surface area contributed by atoms with Crippen LogP contribution in [-0.2, 0) is 6.42 Å². The molecule has 0 aliphatic heterocycles. The van der Waals surface area contributed by atoms with Crippen molar-refractivity contribution in [3.05, 3.63) is 63.2 Å². The van der Waals surface area contributed by atoms with Crippen LogP contribution in [0.3, 0.4) is 0 Å². The number of H-pyrrole nitrogens is 1. The number of aromatic nitrogens is 2. The average Bonchev–Trinajstić information content (AvgIpc) is 3.17. The molecular weight excluding hydrogens is 467 g/mol. The lowest BCUT2D eigenvalue weighted by molar-refractivity contribution is 0.977. The van der Waals surface area contributed by atoms with Gasteiger partial charge in [0.2, 0.25) is 0 Å². The highest BCUT2D eigenvalue weighted by Crippen LogP contribution is 2.34. The number of nitrogens with two attached hydrogens (primary N) is 2. The summed E-state index contributed by atoms with van der Waals surface area (Å²) in [6, 6.07) is 11.6. The number of nitrogens with one attached hydrogen (secondary N) is 2. The summed E-state index contributed by atoms with van der Waals surface area (Å²) < 4.78 is 0. The van der Waals surface area contributed by atoms with Crippen LogP contribution in [0.25, 0.3) is 21.8 Å². The fraction of sp³-hybridized carbons (Fsp3) is 0.217. The van der Waals surface area contributed by atoms with E-state index in [4.69, 9.17) is 40.5 Å². The summed E-state index contributed by atoms with van der Waals surface area (Å²) in [7, 11) is 1.50. The van der Waals surface area contributed by atoms with Gasteiger partial charge in [0, 0.05) is 51.3 Å². The number of anilines is 2. The van der Waals surface area contributed by atoms with Gasteiger partial charge in [-0.1, -0.05) is 48.7 Å². The number of hydrogen-bond donors (Lipinski definition) is 4. The first-order chi connectivity index (χ1) is 15.5. The fourth-order valence-electron chi connectivity index (χ4n) is 3.20. The van der Waals surface area contributed by atoms with E-state index in [9.17, 15) is 0 Å². The molecular formula is C23H27Cl3N6. The van der Waals surface area contributed by atoms with Gasteiger partial charge < -0.3 is 21.8 Å².